The fraction of sp³-hybridized carbons (Fsp3) is 0.478. The van der Waals surface area contributed by atoms with Gasteiger partial charge in [0.15, 0.2) is 0 Å². The molecular formula is C23H31N3O2S. The van der Waals surface area contributed by atoms with Crippen LogP contribution in [0, 0.1) is 5.92 Å². The number of para-hydroxylation sites is 1. The first-order valence-corrected chi connectivity index (χ1v) is 11.3. The molecule has 3 rings (SSSR count). The maximum Gasteiger partial charge on any atom is 0.262 e. The van der Waals surface area contributed by atoms with E-state index >= 15 is 0 Å². The summed E-state index contributed by atoms with van der Waals surface area (Å²) in [6, 6.07) is 11.4. The molecule has 1 aliphatic rings. The number of piperidine rings is 1. The van der Waals surface area contributed by atoms with E-state index in [9.17, 15) is 9.59 Å². The Labute approximate surface area is 177 Å². The fourth-order valence-corrected chi connectivity index (χ4v) is 4.42. The number of carbonyl (C=O) groups is 2. The summed E-state index contributed by atoms with van der Waals surface area (Å²) in [4.78, 5) is 30.5. The summed E-state index contributed by atoms with van der Waals surface area (Å²) >= 11 is 1.38. The molecule has 1 aliphatic heterocycles. The number of rotatable bonds is 7. The first-order chi connectivity index (χ1) is 14.0. The molecule has 1 aromatic heterocycles. The Morgan fingerprint density at radius 2 is 1.83 bits per heavy atom. The third-order valence-electron chi connectivity index (χ3n) is 5.44. The lowest BCUT2D eigenvalue weighted by molar-refractivity contribution is -0.133. The lowest BCUT2D eigenvalue weighted by Gasteiger charge is -2.32. The van der Waals surface area contributed by atoms with Crippen molar-refractivity contribution < 1.29 is 9.59 Å². The first-order valence-electron chi connectivity index (χ1n) is 10.4. The molecule has 0 radical (unpaired) electrons. The summed E-state index contributed by atoms with van der Waals surface area (Å²) in [7, 11) is 1.82. The van der Waals surface area contributed by atoms with Gasteiger partial charge >= 0.3 is 0 Å². The van der Waals surface area contributed by atoms with Gasteiger partial charge in [0.25, 0.3) is 5.91 Å². The molecule has 1 atom stereocenters. The Morgan fingerprint density at radius 3 is 2.48 bits per heavy atom. The van der Waals surface area contributed by atoms with E-state index in [-0.39, 0.29) is 17.7 Å². The molecule has 0 saturated carbocycles. The molecule has 1 aromatic carbocycles. The highest BCUT2D eigenvalue weighted by Crippen LogP contribution is 2.25. The summed E-state index contributed by atoms with van der Waals surface area (Å²) < 4.78 is 0. The third-order valence-corrected chi connectivity index (χ3v) is 6.31. The molecular weight excluding hydrogens is 382 g/mol. The van der Waals surface area contributed by atoms with Crippen LogP contribution in [0.2, 0.25) is 0 Å². The zero-order valence-corrected chi connectivity index (χ0v) is 18.4. The number of benzene rings is 1. The number of nitrogens with one attached hydrogen (secondary N) is 1. The van der Waals surface area contributed by atoms with E-state index in [4.69, 9.17) is 0 Å². The Balaban J connectivity index is 1.71. The second-order valence-electron chi connectivity index (χ2n) is 8.04. The summed E-state index contributed by atoms with van der Waals surface area (Å²) in [6.07, 6.45) is 3.72. The van der Waals surface area contributed by atoms with E-state index in [0.29, 0.717) is 11.4 Å². The van der Waals surface area contributed by atoms with Crippen molar-refractivity contribution in [3.8, 4) is 0 Å². The minimum absolute atomic E-state index is 0.00574. The van der Waals surface area contributed by atoms with Crippen molar-refractivity contribution in [2.45, 2.75) is 45.7 Å². The predicted molar refractivity (Wildman–Crippen MR) is 119 cm³/mol. The average molecular weight is 414 g/mol. The van der Waals surface area contributed by atoms with Gasteiger partial charge in [0.05, 0.1) is 4.88 Å². The lowest BCUT2D eigenvalue weighted by atomic mass is 10.0. The molecule has 2 amide bonds. The smallest absolute Gasteiger partial charge is 0.262 e. The van der Waals surface area contributed by atoms with E-state index in [1.165, 1.54) is 36.3 Å². The topological polar surface area (TPSA) is 52.7 Å². The maximum absolute atomic E-state index is 13.2. The van der Waals surface area contributed by atoms with Crippen molar-refractivity contribution in [1.82, 2.24) is 10.2 Å². The number of nitrogens with zero attached hydrogens (tertiary/aromatic N) is 2. The van der Waals surface area contributed by atoms with Gasteiger partial charge in [-0.1, -0.05) is 38.1 Å². The fourth-order valence-electron chi connectivity index (χ4n) is 3.79. The lowest BCUT2D eigenvalue weighted by Crippen LogP contribution is -2.50. The Morgan fingerprint density at radius 1 is 1.10 bits per heavy atom. The van der Waals surface area contributed by atoms with Crippen LogP contribution in [-0.2, 0) is 11.3 Å². The quantitative estimate of drug-likeness (QED) is 0.742. The highest BCUT2D eigenvalue weighted by molar-refractivity contribution is 7.12. The summed E-state index contributed by atoms with van der Waals surface area (Å²) in [6.45, 7) is 6.60. The van der Waals surface area contributed by atoms with E-state index in [1.54, 1.807) is 11.0 Å². The normalized spacial score (nSPS) is 15.2. The monoisotopic (exact) mass is 413 g/mol. The molecule has 0 spiro atoms. The van der Waals surface area contributed by atoms with Crippen LogP contribution < -0.4 is 10.2 Å². The maximum atomic E-state index is 13.2. The van der Waals surface area contributed by atoms with Gasteiger partial charge in [-0.2, -0.15) is 0 Å². The molecule has 0 aliphatic carbocycles. The van der Waals surface area contributed by atoms with Crippen LogP contribution in [0.5, 0.6) is 0 Å². The van der Waals surface area contributed by atoms with E-state index in [2.05, 4.69) is 28.4 Å². The van der Waals surface area contributed by atoms with Crippen molar-refractivity contribution >= 4 is 28.8 Å². The largest absolute Gasteiger partial charge is 0.371 e. The average Bonchev–Trinajstić information content (AvgIpc) is 3.27. The zero-order valence-electron chi connectivity index (χ0n) is 17.6. The highest BCUT2D eigenvalue weighted by Gasteiger charge is 2.28. The Bertz CT molecular complexity index is 813. The first kappa shape index (κ1) is 21.4. The molecule has 1 N–H and O–H groups in total. The molecule has 0 bridgehead atoms. The number of anilines is 1. The van der Waals surface area contributed by atoms with Crippen molar-refractivity contribution in [2.24, 2.45) is 5.92 Å². The van der Waals surface area contributed by atoms with Crippen molar-refractivity contribution in [3.05, 3.63) is 52.2 Å². The van der Waals surface area contributed by atoms with Crippen LogP contribution >= 0.6 is 11.3 Å². The van der Waals surface area contributed by atoms with Crippen LogP contribution in [0.4, 0.5) is 5.69 Å². The SMILES string of the molecule is CC(C)[C@H](NC(=O)c1cccs1)C(=O)N(C)Cc1ccccc1N1CCCCC1. The van der Waals surface area contributed by atoms with Crippen LogP contribution in [0.3, 0.4) is 0 Å². The van der Waals surface area contributed by atoms with Crippen molar-refractivity contribution in [2.75, 3.05) is 25.0 Å². The van der Waals surface area contributed by atoms with Crippen LogP contribution in [-0.4, -0.2) is 42.9 Å². The number of thiophene rings is 1. The summed E-state index contributed by atoms with van der Waals surface area (Å²) in [5, 5.41) is 4.80. The minimum Gasteiger partial charge on any atom is -0.371 e. The van der Waals surface area contributed by atoms with Gasteiger partial charge in [0.2, 0.25) is 5.91 Å². The molecule has 5 nitrogen and oxygen atoms in total. The zero-order chi connectivity index (χ0) is 20.8. The molecule has 2 heterocycles. The van der Waals surface area contributed by atoms with Crippen LogP contribution in [0.25, 0.3) is 0 Å². The van der Waals surface area contributed by atoms with Gasteiger partial charge in [-0.25, -0.2) is 0 Å². The van der Waals surface area contributed by atoms with Gasteiger partial charge in [-0.3, -0.25) is 9.59 Å². The minimum atomic E-state index is -0.545. The number of amides is 2. The number of carbonyl (C=O) groups excluding carboxylic acids is 2. The number of hydrogen-bond acceptors (Lipinski definition) is 4. The van der Waals surface area contributed by atoms with E-state index < -0.39 is 6.04 Å². The third kappa shape index (κ3) is 5.38. The van der Waals surface area contributed by atoms with Crippen molar-refractivity contribution in [1.29, 1.82) is 0 Å². The number of likely N-dealkylation sites (N-methyl/N-ethyl adjacent to an activating group) is 1. The molecule has 1 saturated heterocycles. The van der Waals surface area contributed by atoms with Crippen molar-refractivity contribution in [3.63, 3.8) is 0 Å². The van der Waals surface area contributed by atoms with Crippen LogP contribution in [0.15, 0.2) is 41.8 Å². The molecule has 6 heteroatoms. The standard InChI is InChI=1S/C23H31N3O2S/c1-17(2)21(24-22(27)20-12-9-15-29-20)23(28)25(3)16-18-10-5-6-11-19(18)26-13-7-4-8-14-26/h5-6,9-12,15,17,21H,4,7-8,13-14,16H2,1-3H3,(H,24,27)/t21-/m0/s1. The van der Waals surface area contributed by atoms with Gasteiger partial charge in [-0.05, 0) is 48.3 Å². The Hall–Kier alpha value is -2.34. The second-order valence-corrected chi connectivity index (χ2v) is 8.99. The summed E-state index contributed by atoms with van der Waals surface area (Å²) in [5.41, 5.74) is 2.37. The highest BCUT2D eigenvalue weighted by atomic mass is 32.1. The molecule has 2 aromatic rings. The van der Waals surface area contributed by atoms with Gasteiger partial charge in [-0.15, -0.1) is 11.3 Å². The summed E-state index contributed by atoms with van der Waals surface area (Å²) in [5.74, 6) is -0.237. The van der Waals surface area contributed by atoms with Gasteiger partial charge in [0.1, 0.15) is 6.04 Å². The number of hydrogen-bond donors (Lipinski definition) is 1. The van der Waals surface area contributed by atoms with Gasteiger partial charge in [0, 0.05) is 32.4 Å². The molecule has 1 fully saturated rings. The van der Waals surface area contributed by atoms with E-state index in [0.717, 1.165) is 18.7 Å². The van der Waals surface area contributed by atoms with E-state index in [1.807, 2.05) is 38.4 Å². The van der Waals surface area contributed by atoms with Gasteiger partial charge < -0.3 is 15.1 Å². The predicted octanol–water partition coefficient (Wildman–Crippen LogP) is 4.15. The second kappa shape index (κ2) is 9.92. The molecule has 156 valence electrons. The molecule has 29 heavy (non-hydrogen) atoms. The Kier molecular flexibility index (Phi) is 7.31. The van der Waals surface area contributed by atoms with Crippen LogP contribution in [0.1, 0.15) is 48.3 Å². The molecule has 0 unspecified atom stereocenters.